The second kappa shape index (κ2) is 7.49. The molecule has 1 aromatic rings. The molecule has 1 fully saturated rings. The van der Waals surface area contributed by atoms with E-state index in [9.17, 15) is 0 Å². The third-order valence-electron chi connectivity index (χ3n) is 3.34. The molecule has 0 spiro atoms. The smallest absolute Gasteiger partial charge is 0.160 e. The molecule has 1 aliphatic heterocycles. The van der Waals surface area contributed by atoms with E-state index in [2.05, 4.69) is 17.4 Å². The minimum absolute atomic E-state index is 0. The topological polar surface area (TPSA) is 30.5 Å². The van der Waals surface area contributed by atoms with Gasteiger partial charge in [0.25, 0.3) is 0 Å². The Balaban J connectivity index is 0.00000162. The highest BCUT2D eigenvalue weighted by Gasteiger charge is 2.14. The van der Waals surface area contributed by atoms with Crippen molar-refractivity contribution in [1.29, 1.82) is 0 Å². The van der Waals surface area contributed by atoms with Crippen LogP contribution in [0.4, 0.5) is 0 Å². The third-order valence-corrected chi connectivity index (χ3v) is 3.34. The number of methoxy groups -OCH3 is 2. The fourth-order valence-corrected chi connectivity index (χ4v) is 2.39. The molecule has 0 radical (unpaired) electrons. The molecule has 0 amide bonds. The van der Waals surface area contributed by atoms with E-state index in [1.54, 1.807) is 14.2 Å². The number of ether oxygens (including phenoxy) is 2. The van der Waals surface area contributed by atoms with Gasteiger partial charge in [0.05, 0.1) is 14.2 Å². The van der Waals surface area contributed by atoms with Crippen LogP contribution >= 0.6 is 12.4 Å². The van der Waals surface area contributed by atoms with Gasteiger partial charge in [-0.15, -0.1) is 12.4 Å². The Kier molecular flexibility index (Phi) is 6.30. The molecule has 0 aliphatic carbocycles. The van der Waals surface area contributed by atoms with Gasteiger partial charge in [-0.1, -0.05) is 12.5 Å². The summed E-state index contributed by atoms with van der Waals surface area (Å²) < 4.78 is 10.6. The van der Waals surface area contributed by atoms with Gasteiger partial charge in [0.2, 0.25) is 0 Å². The van der Waals surface area contributed by atoms with Crippen molar-refractivity contribution in [1.82, 2.24) is 5.32 Å². The highest BCUT2D eigenvalue weighted by atomic mass is 35.5. The van der Waals surface area contributed by atoms with Crippen LogP contribution < -0.4 is 14.8 Å². The molecule has 18 heavy (non-hydrogen) atoms. The van der Waals surface area contributed by atoms with Crippen LogP contribution in [0.3, 0.4) is 0 Å². The lowest BCUT2D eigenvalue weighted by molar-refractivity contribution is 0.353. The number of rotatable bonds is 4. The van der Waals surface area contributed by atoms with Crippen LogP contribution in [0.25, 0.3) is 0 Å². The van der Waals surface area contributed by atoms with E-state index in [4.69, 9.17) is 9.47 Å². The summed E-state index contributed by atoms with van der Waals surface area (Å²) in [6.07, 6.45) is 4.99. The highest BCUT2D eigenvalue weighted by Crippen LogP contribution is 2.28. The van der Waals surface area contributed by atoms with Crippen LogP contribution in [-0.4, -0.2) is 26.8 Å². The second-order valence-electron chi connectivity index (χ2n) is 4.54. The van der Waals surface area contributed by atoms with Crippen LogP contribution in [0.2, 0.25) is 0 Å². The second-order valence-corrected chi connectivity index (χ2v) is 4.54. The zero-order chi connectivity index (χ0) is 12.1. The van der Waals surface area contributed by atoms with Gasteiger partial charge in [0.1, 0.15) is 0 Å². The monoisotopic (exact) mass is 271 g/mol. The van der Waals surface area contributed by atoms with E-state index in [1.165, 1.54) is 24.8 Å². The summed E-state index contributed by atoms with van der Waals surface area (Å²) in [5.41, 5.74) is 1.31. The fourth-order valence-electron chi connectivity index (χ4n) is 2.39. The fraction of sp³-hybridized carbons (Fsp3) is 0.571. The average Bonchev–Trinajstić information content (AvgIpc) is 2.40. The molecule has 1 saturated heterocycles. The molecule has 0 bridgehead atoms. The predicted octanol–water partition coefficient (Wildman–Crippen LogP) is 2.81. The Labute approximate surface area is 115 Å². The van der Waals surface area contributed by atoms with Crippen LogP contribution in [0.15, 0.2) is 18.2 Å². The van der Waals surface area contributed by atoms with E-state index in [-0.39, 0.29) is 12.4 Å². The lowest BCUT2D eigenvalue weighted by Crippen LogP contribution is -2.35. The van der Waals surface area contributed by atoms with Gasteiger partial charge in [-0.2, -0.15) is 0 Å². The zero-order valence-corrected chi connectivity index (χ0v) is 11.9. The van der Waals surface area contributed by atoms with Gasteiger partial charge in [0, 0.05) is 6.04 Å². The standard InChI is InChI=1S/C14H21NO2.ClH/c1-16-13-7-6-11(10-14(13)17-2)9-12-5-3-4-8-15-12;/h6-7,10,12,15H,3-5,8-9H2,1-2H3;1H/t12-;/m1./s1. The summed E-state index contributed by atoms with van der Waals surface area (Å²) in [4.78, 5) is 0. The number of benzene rings is 1. The molecular formula is C14H22ClNO2. The van der Waals surface area contributed by atoms with Gasteiger partial charge in [-0.3, -0.25) is 0 Å². The molecule has 1 N–H and O–H groups in total. The van der Waals surface area contributed by atoms with Crippen molar-refractivity contribution in [3.8, 4) is 11.5 Å². The largest absolute Gasteiger partial charge is 0.493 e. The average molecular weight is 272 g/mol. The summed E-state index contributed by atoms with van der Waals surface area (Å²) in [5, 5.41) is 3.56. The van der Waals surface area contributed by atoms with Crippen molar-refractivity contribution in [2.45, 2.75) is 31.7 Å². The molecule has 0 saturated carbocycles. The number of nitrogens with one attached hydrogen (secondary N) is 1. The maximum Gasteiger partial charge on any atom is 0.160 e. The molecule has 0 aromatic heterocycles. The molecule has 1 aliphatic rings. The van der Waals surface area contributed by atoms with Crippen molar-refractivity contribution < 1.29 is 9.47 Å². The molecule has 3 nitrogen and oxygen atoms in total. The molecule has 1 atom stereocenters. The maximum atomic E-state index is 5.32. The number of hydrogen-bond donors (Lipinski definition) is 1. The summed E-state index contributed by atoms with van der Waals surface area (Å²) in [6, 6.07) is 6.80. The Morgan fingerprint density at radius 3 is 2.56 bits per heavy atom. The Bertz CT molecular complexity index is 365. The lowest BCUT2D eigenvalue weighted by atomic mass is 9.97. The van der Waals surface area contributed by atoms with Crippen molar-refractivity contribution in [2.24, 2.45) is 0 Å². The van der Waals surface area contributed by atoms with Crippen LogP contribution in [0.1, 0.15) is 24.8 Å². The summed E-state index contributed by atoms with van der Waals surface area (Å²) in [6.45, 7) is 1.15. The Morgan fingerprint density at radius 2 is 1.94 bits per heavy atom. The lowest BCUT2D eigenvalue weighted by Gasteiger charge is -2.23. The summed E-state index contributed by atoms with van der Waals surface area (Å²) in [7, 11) is 3.35. The number of halogens is 1. The highest BCUT2D eigenvalue weighted by molar-refractivity contribution is 5.85. The van der Waals surface area contributed by atoms with Crippen molar-refractivity contribution >= 4 is 12.4 Å². The first-order valence-electron chi connectivity index (χ1n) is 6.28. The maximum absolute atomic E-state index is 5.32. The van der Waals surface area contributed by atoms with Crippen molar-refractivity contribution in [2.75, 3.05) is 20.8 Å². The molecule has 4 heteroatoms. The third kappa shape index (κ3) is 3.79. The van der Waals surface area contributed by atoms with Gasteiger partial charge in [-0.25, -0.2) is 0 Å². The first kappa shape index (κ1) is 15.1. The number of hydrogen-bond acceptors (Lipinski definition) is 3. The summed E-state index contributed by atoms with van der Waals surface area (Å²) >= 11 is 0. The molecule has 1 heterocycles. The van der Waals surface area contributed by atoms with E-state index >= 15 is 0 Å². The van der Waals surface area contributed by atoms with E-state index in [0.717, 1.165) is 24.5 Å². The molecule has 1 aromatic carbocycles. The first-order valence-corrected chi connectivity index (χ1v) is 6.28. The van der Waals surface area contributed by atoms with Crippen LogP contribution in [-0.2, 0) is 6.42 Å². The van der Waals surface area contributed by atoms with Crippen molar-refractivity contribution in [3.05, 3.63) is 23.8 Å². The quantitative estimate of drug-likeness (QED) is 0.914. The number of piperidine rings is 1. The Hall–Kier alpha value is -0.930. The van der Waals surface area contributed by atoms with E-state index in [0.29, 0.717) is 6.04 Å². The predicted molar refractivity (Wildman–Crippen MR) is 76.1 cm³/mol. The van der Waals surface area contributed by atoms with Gasteiger partial charge in [0.15, 0.2) is 11.5 Å². The van der Waals surface area contributed by atoms with Crippen molar-refractivity contribution in [3.63, 3.8) is 0 Å². The molecule has 102 valence electrons. The minimum atomic E-state index is 0. The Morgan fingerprint density at radius 1 is 1.17 bits per heavy atom. The van der Waals surface area contributed by atoms with Gasteiger partial charge in [-0.05, 0) is 43.5 Å². The van der Waals surface area contributed by atoms with Gasteiger partial charge < -0.3 is 14.8 Å². The van der Waals surface area contributed by atoms with Crippen LogP contribution in [0, 0.1) is 0 Å². The molecule has 0 unspecified atom stereocenters. The van der Waals surface area contributed by atoms with E-state index < -0.39 is 0 Å². The normalized spacial score (nSPS) is 18.9. The zero-order valence-electron chi connectivity index (χ0n) is 11.1. The molecule has 2 rings (SSSR count). The first-order chi connectivity index (χ1) is 8.33. The van der Waals surface area contributed by atoms with E-state index in [1.807, 2.05) is 6.07 Å². The molecular weight excluding hydrogens is 250 g/mol. The SMILES string of the molecule is COc1ccc(C[C@H]2CCCCN2)cc1OC.Cl. The van der Waals surface area contributed by atoms with Gasteiger partial charge >= 0.3 is 0 Å². The minimum Gasteiger partial charge on any atom is -0.493 e. The summed E-state index contributed by atoms with van der Waals surface area (Å²) in [5.74, 6) is 1.62. The van der Waals surface area contributed by atoms with Crippen LogP contribution in [0.5, 0.6) is 11.5 Å².